The van der Waals surface area contributed by atoms with Gasteiger partial charge in [-0.25, -0.2) is 19.9 Å². The van der Waals surface area contributed by atoms with Gasteiger partial charge in [-0.1, -0.05) is 364 Å². The Labute approximate surface area is 648 Å². The minimum atomic E-state index is -6.00. The molecule has 18 aromatic rings. The molecule has 0 spiro atoms. The van der Waals surface area contributed by atoms with E-state index in [2.05, 4.69) is 413 Å². The van der Waals surface area contributed by atoms with Gasteiger partial charge in [0.15, 0.2) is 0 Å². The van der Waals surface area contributed by atoms with E-state index in [1.54, 1.807) is 0 Å². The first-order chi connectivity index (χ1) is 53.6. The smallest absolute Gasteiger partial charge is 0.418 e. The second kappa shape index (κ2) is 33.4. The molecule has 0 aliphatic rings. The topological polar surface area (TPSA) is 51.6 Å². The fourth-order valence-electron chi connectivity index (χ4n) is 15.2. The fourth-order valence-corrected chi connectivity index (χ4v) is 15.2. The van der Waals surface area contributed by atoms with Crippen LogP contribution in [0.3, 0.4) is 0 Å². The van der Waals surface area contributed by atoms with E-state index in [9.17, 15) is 17.3 Å². The summed E-state index contributed by atoms with van der Waals surface area (Å²) in [6.45, 7) is 0. The zero-order chi connectivity index (χ0) is 73.9. The van der Waals surface area contributed by atoms with Gasteiger partial charge < -0.3 is 17.3 Å². The predicted molar refractivity (Wildman–Crippen MR) is 441 cm³/mol. The summed E-state index contributed by atoms with van der Waals surface area (Å²) >= 11 is 0. The van der Waals surface area contributed by atoms with Crippen molar-refractivity contribution in [3.05, 3.63) is 479 Å². The maximum Gasteiger partial charge on any atom is 1.00 e. The molecular weight excluding hydrogens is 1410 g/mol. The third-order valence-electron chi connectivity index (χ3n) is 20.2. The normalized spacial score (nSPS) is 11.3. The van der Waals surface area contributed by atoms with Crippen LogP contribution < -0.4 is 0 Å². The molecule has 0 N–H and O–H groups in total. The van der Waals surface area contributed by atoms with E-state index in [0.29, 0.717) is 0 Å². The first-order valence-corrected chi connectivity index (χ1v) is 36.7. The van der Waals surface area contributed by atoms with E-state index >= 15 is 0 Å². The number of halogens is 4. The number of fused-ring (bicyclic) bond motifs is 6. The molecule has 0 fully saturated rings. The first-order valence-electron chi connectivity index (χ1n) is 36.7. The number of pyridine rings is 4. The van der Waals surface area contributed by atoms with Crippen LogP contribution in [0.5, 0.6) is 0 Å². The minimum Gasteiger partial charge on any atom is -0.418 e. The Balaban J connectivity index is 0.000000163. The van der Waals surface area contributed by atoms with E-state index in [-0.39, 0.29) is 40.7 Å². The monoisotopic (exact) mass is 1480 g/mol. The average molecular weight is 1480 g/mol. The molecule has 0 radical (unpaired) electrons. The van der Waals surface area contributed by atoms with Crippen LogP contribution in [0, 0.1) is 0 Å². The first kappa shape index (κ1) is 72.6. The van der Waals surface area contributed by atoms with Crippen LogP contribution >= 0.6 is 0 Å². The van der Waals surface area contributed by atoms with Crippen LogP contribution in [-0.2, 0) is 17.1 Å². The Morgan fingerprint density at radius 2 is 0.318 bits per heavy atom. The van der Waals surface area contributed by atoms with E-state index in [1.165, 1.54) is 66.8 Å². The van der Waals surface area contributed by atoms with Crippen molar-refractivity contribution >= 4 is 50.9 Å². The minimum absolute atomic E-state index is 0. The van der Waals surface area contributed by atoms with Crippen molar-refractivity contribution in [2.75, 3.05) is 0 Å². The summed E-state index contributed by atoms with van der Waals surface area (Å²) in [6.07, 6.45) is 0. The molecule has 110 heavy (non-hydrogen) atoms. The molecule has 0 bridgehead atoms. The van der Waals surface area contributed by atoms with E-state index < -0.39 is 7.25 Å². The Bertz CT molecular complexity index is 5220. The number of hydrogen-bond donors (Lipinski definition) is 0. The van der Waals surface area contributed by atoms with Crippen molar-refractivity contribution < 1.29 is 34.3 Å². The van der Waals surface area contributed by atoms with Crippen molar-refractivity contribution in [3.63, 3.8) is 0 Å². The molecule has 14 aromatic carbocycles. The zero-order valence-corrected chi connectivity index (χ0v) is 60.7. The van der Waals surface area contributed by atoms with Gasteiger partial charge in [0.25, 0.3) is 0 Å². The summed E-state index contributed by atoms with van der Waals surface area (Å²) in [6, 6.07) is 147. The average Bonchev–Trinajstić information content (AvgIpc) is 0.768. The predicted octanol–water partition coefficient (Wildman–Crippen LogP) is 26.3. The molecule has 4 heterocycles. The molecule has 0 aliphatic heterocycles. The fraction of sp³-hybridized carbons (Fsp3) is 0.0400. The third kappa shape index (κ3) is 16.6. The molecular formula is C100H72BCuF4N4. The van der Waals surface area contributed by atoms with Gasteiger partial charge in [0.1, 0.15) is 0 Å². The van der Waals surface area contributed by atoms with Gasteiger partial charge in [0, 0.05) is 67.5 Å². The van der Waals surface area contributed by atoms with Gasteiger partial charge in [-0.15, -0.1) is 0 Å². The molecule has 0 saturated carbocycles. The van der Waals surface area contributed by atoms with Gasteiger partial charge in [-0.05, 0) is 115 Å². The number of nitrogens with zero attached hydrogens (tertiary/aromatic N) is 4. The Kier molecular flexibility index (Phi) is 22.1. The summed E-state index contributed by atoms with van der Waals surface area (Å²) < 4.78 is 39.0. The van der Waals surface area contributed by atoms with Crippen LogP contribution in [0.2, 0.25) is 0 Å². The van der Waals surface area contributed by atoms with Gasteiger partial charge in [0.05, 0.1) is 44.8 Å². The van der Waals surface area contributed by atoms with Crippen LogP contribution in [0.15, 0.2) is 413 Å². The Hall–Kier alpha value is -13.0. The van der Waals surface area contributed by atoms with Crippen LogP contribution in [-0.4, -0.2) is 27.2 Å². The molecule has 4 nitrogen and oxygen atoms in total. The standard InChI is InChI=1S/2C50H36N2.BF4.Cu/c2*1-5-15-35(16-6-1)47(36-17-7-2-8-18-36)43-25-13-23-41(33-43)45-31-29-39-27-28-40-30-32-46(52-50(40)49(39)51-45)42-24-14-26-44(34-42)48(37-19-9-3-10-20-37)38-21-11-4-12-22-38;2-1(3,4)5;/h2*1-34,47-48H;;/q;;-1;+1. The van der Waals surface area contributed by atoms with Crippen molar-refractivity contribution in [3.8, 4) is 45.0 Å². The maximum atomic E-state index is 9.75. The third-order valence-corrected chi connectivity index (χ3v) is 20.2. The van der Waals surface area contributed by atoms with Crippen LogP contribution in [0.25, 0.3) is 88.6 Å². The van der Waals surface area contributed by atoms with Crippen LogP contribution in [0.4, 0.5) is 17.3 Å². The maximum absolute atomic E-state index is 9.75. The molecule has 0 aliphatic carbocycles. The molecule has 18 rings (SSSR count). The molecule has 0 unspecified atom stereocenters. The van der Waals surface area contributed by atoms with E-state index in [0.717, 1.165) is 88.6 Å². The van der Waals surface area contributed by atoms with Gasteiger partial charge in [-0.2, -0.15) is 0 Å². The van der Waals surface area contributed by atoms with Crippen LogP contribution in [0.1, 0.15) is 90.4 Å². The molecule has 534 valence electrons. The summed E-state index contributed by atoms with van der Waals surface area (Å²) in [4.78, 5) is 21.3. The Morgan fingerprint density at radius 3 is 0.482 bits per heavy atom. The second-order valence-electron chi connectivity index (χ2n) is 27.2. The molecule has 0 atom stereocenters. The number of benzene rings is 14. The number of aromatic nitrogens is 4. The SMILES string of the molecule is F[B-](F)(F)F.[Cu+].c1ccc(C(c2ccccc2)c2cccc(-c3ccc4ccc5ccc(-c6cccc(C(c7ccccc7)c7ccccc7)c6)nc5c4n3)c2)cc1.c1ccc(C(c2ccccc2)c2cccc(-c3ccc4ccc5ccc(-c6cccc(C(c7ccccc7)c7ccccc7)c6)nc5c4n3)c2)cc1. The summed E-state index contributed by atoms with van der Waals surface area (Å²) in [7, 11) is -6.00. The van der Waals surface area contributed by atoms with Gasteiger partial charge in [0.2, 0.25) is 0 Å². The quantitative estimate of drug-likeness (QED) is 0.0419. The van der Waals surface area contributed by atoms with Crippen molar-refractivity contribution in [1.82, 2.24) is 19.9 Å². The number of hydrogen-bond acceptors (Lipinski definition) is 4. The van der Waals surface area contributed by atoms with Crippen molar-refractivity contribution in [2.45, 2.75) is 23.7 Å². The Morgan fingerprint density at radius 1 is 0.173 bits per heavy atom. The molecule has 10 heteroatoms. The summed E-state index contributed by atoms with van der Waals surface area (Å²) in [5.74, 6) is 0.470. The van der Waals surface area contributed by atoms with Crippen molar-refractivity contribution in [2.24, 2.45) is 0 Å². The van der Waals surface area contributed by atoms with Crippen molar-refractivity contribution in [1.29, 1.82) is 0 Å². The zero-order valence-electron chi connectivity index (χ0n) is 59.7. The molecule has 0 amide bonds. The number of rotatable bonds is 16. The molecule has 0 saturated heterocycles. The second-order valence-corrected chi connectivity index (χ2v) is 27.2. The molecule has 4 aromatic heterocycles. The van der Waals surface area contributed by atoms with E-state index in [1.807, 2.05) is 0 Å². The summed E-state index contributed by atoms with van der Waals surface area (Å²) in [5.41, 5.74) is 26.8. The summed E-state index contributed by atoms with van der Waals surface area (Å²) in [5, 5.41) is 4.30. The van der Waals surface area contributed by atoms with Gasteiger partial charge in [-0.3, -0.25) is 0 Å². The van der Waals surface area contributed by atoms with E-state index in [4.69, 9.17) is 19.9 Å². The largest absolute Gasteiger partial charge is 1.00 e. The van der Waals surface area contributed by atoms with Gasteiger partial charge >= 0.3 is 24.3 Å².